The Hall–Kier alpha value is -0.810. The van der Waals surface area contributed by atoms with Crippen molar-refractivity contribution in [3.8, 4) is 0 Å². The van der Waals surface area contributed by atoms with Gasteiger partial charge in [0.15, 0.2) is 0 Å². The van der Waals surface area contributed by atoms with E-state index in [4.69, 9.17) is 4.42 Å². The van der Waals surface area contributed by atoms with Crippen molar-refractivity contribution in [3.05, 3.63) is 30.3 Å². The second-order valence-corrected chi connectivity index (χ2v) is 2.76. The van der Waals surface area contributed by atoms with Crippen molar-refractivity contribution in [2.45, 2.75) is 0 Å². The highest BCUT2D eigenvalue weighted by atomic mass is 31.0. The Balaban J connectivity index is 2.88. The maximum absolute atomic E-state index is 5.33. The lowest BCUT2D eigenvalue weighted by Gasteiger charge is -1.81. The molecule has 0 fully saturated rings. The molecule has 1 atom stereocenters. The molecule has 50 valence electrons. The van der Waals surface area contributed by atoms with Crippen LogP contribution in [0.4, 0.5) is 0 Å². The van der Waals surface area contributed by atoms with E-state index >= 15 is 0 Å². The summed E-state index contributed by atoms with van der Waals surface area (Å²) < 4.78 is 5.33. The minimum Gasteiger partial charge on any atom is -0.457 e. The van der Waals surface area contributed by atoms with E-state index in [0.29, 0.717) is 0 Å². The molecule has 0 aliphatic carbocycles. The molecule has 0 aliphatic heterocycles. The lowest BCUT2D eigenvalue weighted by atomic mass is 10.3. The van der Waals surface area contributed by atoms with Gasteiger partial charge in [-0.2, -0.15) is 0 Å². The first-order chi connectivity index (χ1) is 4.86. The molecule has 0 spiro atoms. The molecule has 0 saturated carbocycles. The zero-order valence-electron chi connectivity index (χ0n) is 5.37. The highest BCUT2D eigenvalue weighted by molar-refractivity contribution is 7.26. The molecule has 2 heteroatoms. The van der Waals surface area contributed by atoms with Gasteiger partial charge in [-0.1, -0.05) is 27.4 Å². The molecule has 1 aromatic heterocycles. The van der Waals surface area contributed by atoms with Crippen molar-refractivity contribution >= 4 is 25.7 Å². The molecule has 0 saturated heterocycles. The highest BCUT2D eigenvalue weighted by Gasteiger charge is 1.95. The topological polar surface area (TPSA) is 13.1 Å². The normalized spacial score (nSPS) is 10.5. The van der Waals surface area contributed by atoms with Crippen molar-refractivity contribution in [2.75, 3.05) is 0 Å². The molecule has 1 unspecified atom stereocenters. The van der Waals surface area contributed by atoms with Crippen LogP contribution in [0.5, 0.6) is 0 Å². The van der Waals surface area contributed by atoms with Crippen molar-refractivity contribution in [3.63, 3.8) is 0 Å². The Kier molecular flexibility index (Phi) is 1.25. The van der Waals surface area contributed by atoms with E-state index in [0.717, 1.165) is 16.5 Å². The predicted octanol–water partition coefficient (Wildman–Crippen LogP) is 1.93. The molecule has 0 N–H and O–H groups in total. The Bertz CT molecular complexity index is 318. The molecule has 0 aliphatic rings. The van der Waals surface area contributed by atoms with E-state index in [2.05, 4.69) is 9.24 Å². The zero-order valence-corrected chi connectivity index (χ0v) is 6.53. The van der Waals surface area contributed by atoms with E-state index in [1.165, 1.54) is 0 Å². The number of furan rings is 1. The first-order valence-electron chi connectivity index (χ1n) is 3.10. The molecule has 0 bridgehead atoms. The summed E-state index contributed by atoms with van der Waals surface area (Å²) in [5.41, 5.74) is 1.84. The molecular weight excluding hydrogens is 143 g/mol. The molecule has 0 radical (unpaired) electrons. The Morgan fingerprint density at radius 1 is 1.20 bits per heavy atom. The molecule has 0 amide bonds. The summed E-state index contributed by atoms with van der Waals surface area (Å²) in [6.07, 6.45) is 0. The summed E-state index contributed by atoms with van der Waals surface area (Å²) in [4.78, 5) is 0. The average molecular weight is 150 g/mol. The fourth-order valence-corrected chi connectivity index (χ4v) is 1.31. The summed E-state index contributed by atoms with van der Waals surface area (Å²) >= 11 is 0. The van der Waals surface area contributed by atoms with Gasteiger partial charge in [-0.05, 0) is 12.1 Å². The summed E-state index contributed by atoms with van der Waals surface area (Å²) in [5, 5.41) is 1.16. The molecular formula is C8H7OP. The third-order valence-corrected chi connectivity index (χ3v) is 1.73. The highest BCUT2D eigenvalue weighted by Crippen LogP contribution is 2.13. The zero-order chi connectivity index (χ0) is 6.97. The van der Waals surface area contributed by atoms with E-state index in [1.54, 1.807) is 0 Å². The number of hydrogen-bond donors (Lipinski definition) is 0. The summed E-state index contributed by atoms with van der Waals surface area (Å²) in [7, 11) is 2.54. The largest absolute Gasteiger partial charge is 0.457 e. The average Bonchev–Trinajstić information content (AvgIpc) is 2.27. The van der Waals surface area contributed by atoms with Gasteiger partial charge in [0, 0.05) is 5.39 Å². The number of hydrogen-bond acceptors (Lipinski definition) is 1. The van der Waals surface area contributed by atoms with Gasteiger partial charge in [-0.25, -0.2) is 0 Å². The maximum Gasteiger partial charge on any atom is 0.134 e. The summed E-state index contributed by atoms with van der Waals surface area (Å²) in [6, 6.07) is 9.97. The molecule has 1 aromatic carbocycles. The number of fused-ring (bicyclic) bond motifs is 1. The molecule has 1 heterocycles. The Morgan fingerprint density at radius 2 is 2.00 bits per heavy atom. The van der Waals surface area contributed by atoms with Crippen LogP contribution in [0.25, 0.3) is 11.0 Å². The second kappa shape index (κ2) is 2.10. The van der Waals surface area contributed by atoms with Crippen LogP contribution in [0.3, 0.4) is 0 Å². The number of rotatable bonds is 0. The smallest absolute Gasteiger partial charge is 0.134 e. The maximum atomic E-state index is 5.33. The van der Waals surface area contributed by atoms with Crippen LogP contribution in [-0.2, 0) is 0 Å². The van der Waals surface area contributed by atoms with E-state index < -0.39 is 0 Å². The predicted molar refractivity (Wildman–Crippen MR) is 45.6 cm³/mol. The van der Waals surface area contributed by atoms with Crippen molar-refractivity contribution in [1.29, 1.82) is 0 Å². The minimum absolute atomic E-state index is 0.890. The first-order valence-corrected chi connectivity index (χ1v) is 3.68. The van der Waals surface area contributed by atoms with Crippen LogP contribution >= 0.6 is 9.24 Å². The summed E-state index contributed by atoms with van der Waals surface area (Å²) in [6.45, 7) is 0. The van der Waals surface area contributed by atoms with Crippen LogP contribution in [0.15, 0.2) is 34.7 Å². The van der Waals surface area contributed by atoms with Gasteiger partial charge in [0.25, 0.3) is 0 Å². The molecule has 1 nitrogen and oxygen atoms in total. The van der Waals surface area contributed by atoms with Crippen LogP contribution in [-0.4, -0.2) is 0 Å². The third kappa shape index (κ3) is 0.833. The van der Waals surface area contributed by atoms with Crippen LogP contribution in [0.1, 0.15) is 0 Å². The van der Waals surface area contributed by atoms with Crippen molar-refractivity contribution < 1.29 is 4.42 Å². The van der Waals surface area contributed by atoms with Gasteiger partial charge >= 0.3 is 0 Å². The van der Waals surface area contributed by atoms with Crippen molar-refractivity contribution in [1.82, 2.24) is 0 Å². The lowest BCUT2D eigenvalue weighted by Crippen LogP contribution is -1.74. The fraction of sp³-hybridized carbons (Fsp3) is 0. The van der Waals surface area contributed by atoms with Crippen LogP contribution in [0.2, 0.25) is 0 Å². The number of para-hydroxylation sites is 1. The molecule has 2 rings (SSSR count). The van der Waals surface area contributed by atoms with Gasteiger partial charge in [0.05, 0.1) is 0 Å². The van der Waals surface area contributed by atoms with Gasteiger partial charge in [-0.15, -0.1) is 0 Å². The van der Waals surface area contributed by atoms with Gasteiger partial charge in [-0.3, -0.25) is 0 Å². The lowest BCUT2D eigenvalue weighted by molar-refractivity contribution is 0.656. The van der Waals surface area contributed by atoms with Gasteiger partial charge in [0.2, 0.25) is 0 Å². The number of benzene rings is 1. The van der Waals surface area contributed by atoms with Gasteiger partial charge in [0.1, 0.15) is 11.1 Å². The van der Waals surface area contributed by atoms with E-state index in [-0.39, 0.29) is 0 Å². The first kappa shape index (κ1) is 5.94. The monoisotopic (exact) mass is 150 g/mol. The minimum atomic E-state index is 0.890. The van der Waals surface area contributed by atoms with Crippen molar-refractivity contribution in [2.24, 2.45) is 0 Å². The van der Waals surface area contributed by atoms with E-state index in [9.17, 15) is 0 Å². The fourth-order valence-electron chi connectivity index (χ4n) is 1.00. The standard InChI is InChI=1S/C8H7OP/c10-8-5-6-3-1-2-4-7(6)9-8/h1-5H,10H2. The molecule has 2 aromatic rings. The second-order valence-electron chi connectivity index (χ2n) is 2.19. The third-order valence-electron chi connectivity index (χ3n) is 1.44. The Morgan fingerprint density at radius 3 is 2.80 bits per heavy atom. The summed E-state index contributed by atoms with van der Waals surface area (Å²) in [5.74, 6) is 0. The molecule has 10 heavy (non-hydrogen) atoms. The van der Waals surface area contributed by atoms with E-state index in [1.807, 2.05) is 30.3 Å². The quantitative estimate of drug-likeness (QED) is 0.523. The van der Waals surface area contributed by atoms with Gasteiger partial charge < -0.3 is 4.42 Å². The SMILES string of the molecule is Pc1cc2ccccc2o1. The van der Waals surface area contributed by atoms with Crippen LogP contribution < -0.4 is 5.50 Å². The van der Waals surface area contributed by atoms with Crippen LogP contribution in [0, 0.1) is 0 Å². The Labute approximate surface area is 61.2 Å².